The zero-order chi connectivity index (χ0) is 14.9. The van der Waals surface area contributed by atoms with E-state index in [1.807, 2.05) is 31.2 Å². The number of aliphatic carboxylic acids is 1. The topological polar surface area (TPSA) is 66.0 Å². The van der Waals surface area contributed by atoms with Crippen molar-refractivity contribution < 1.29 is 9.90 Å². The minimum Gasteiger partial charge on any atom is -0.481 e. The Morgan fingerprint density at radius 2 is 1.95 bits per heavy atom. The van der Waals surface area contributed by atoms with Gasteiger partial charge in [-0.25, -0.2) is 4.98 Å². The lowest BCUT2D eigenvalue weighted by Crippen LogP contribution is -2.26. The number of carboxylic acids is 1. The van der Waals surface area contributed by atoms with Crippen LogP contribution < -0.4 is 0 Å². The van der Waals surface area contributed by atoms with Crippen LogP contribution in [-0.4, -0.2) is 21.0 Å². The van der Waals surface area contributed by atoms with E-state index in [-0.39, 0.29) is 0 Å². The molecular weight excluding hydrogens is 320 g/mol. The molecule has 1 aromatic heterocycles. The monoisotopic (exact) mass is 336 g/mol. The molecule has 2 aromatic rings. The van der Waals surface area contributed by atoms with E-state index in [0.717, 1.165) is 21.4 Å². The van der Waals surface area contributed by atoms with Crippen molar-refractivity contribution in [1.29, 1.82) is 0 Å². The maximum Gasteiger partial charge on any atom is 0.309 e. The first kappa shape index (κ1) is 14.8. The molecule has 106 valence electrons. The fourth-order valence-corrected chi connectivity index (χ4v) is 2.25. The van der Waals surface area contributed by atoms with Gasteiger partial charge in [0.25, 0.3) is 0 Å². The molecule has 2 N–H and O–H groups in total. The number of carbonyl (C=O) groups is 1. The molecule has 0 fully saturated rings. The average Bonchev–Trinajstić information content (AvgIpc) is 2.70. The smallest absolute Gasteiger partial charge is 0.309 e. The molecule has 0 amide bonds. The molecule has 0 atom stereocenters. The average molecular weight is 337 g/mol. The third-order valence-electron chi connectivity index (χ3n) is 3.24. The molecule has 0 saturated carbocycles. The summed E-state index contributed by atoms with van der Waals surface area (Å²) in [4.78, 5) is 18.9. The number of aromatic nitrogens is 2. The number of halogens is 1. The van der Waals surface area contributed by atoms with Gasteiger partial charge in [-0.05, 0) is 32.9 Å². The van der Waals surface area contributed by atoms with Crippen molar-refractivity contribution in [2.24, 2.45) is 5.41 Å². The summed E-state index contributed by atoms with van der Waals surface area (Å²) in [5.74, 6) is -0.121. The molecule has 0 bridgehead atoms. The number of nitrogens with zero attached hydrogens (tertiary/aromatic N) is 1. The minimum absolute atomic E-state index is 0.375. The quantitative estimate of drug-likeness (QED) is 0.892. The molecule has 0 aliphatic rings. The van der Waals surface area contributed by atoms with Crippen molar-refractivity contribution in [3.05, 3.63) is 40.3 Å². The number of aryl methyl sites for hydroxylation is 1. The number of hydrogen-bond donors (Lipinski definition) is 2. The molecule has 0 spiro atoms. The predicted molar refractivity (Wildman–Crippen MR) is 81.6 cm³/mol. The highest BCUT2D eigenvalue weighted by molar-refractivity contribution is 9.10. The van der Waals surface area contributed by atoms with Crippen LogP contribution in [0, 0.1) is 12.3 Å². The summed E-state index contributed by atoms with van der Waals surface area (Å²) in [6.07, 6.45) is 0.375. The first-order valence-electron chi connectivity index (χ1n) is 6.34. The van der Waals surface area contributed by atoms with Crippen LogP contribution in [0.5, 0.6) is 0 Å². The van der Waals surface area contributed by atoms with E-state index in [1.165, 1.54) is 0 Å². The van der Waals surface area contributed by atoms with Crippen molar-refractivity contribution in [3.8, 4) is 11.3 Å². The van der Waals surface area contributed by atoms with Gasteiger partial charge < -0.3 is 10.1 Å². The number of hydrogen-bond acceptors (Lipinski definition) is 2. The second-order valence-corrected chi connectivity index (χ2v) is 6.45. The fraction of sp³-hybridized carbons (Fsp3) is 0.333. The Labute approximate surface area is 126 Å². The molecule has 2 rings (SSSR count). The molecule has 0 saturated heterocycles. The molecular formula is C15H17BrN2O2. The van der Waals surface area contributed by atoms with Crippen molar-refractivity contribution in [3.63, 3.8) is 0 Å². The Morgan fingerprint density at radius 3 is 2.50 bits per heavy atom. The molecule has 0 aliphatic heterocycles. The first-order valence-corrected chi connectivity index (χ1v) is 7.14. The van der Waals surface area contributed by atoms with E-state index >= 15 is 0 Å². The van der Waals surface area contributed by atoms with Crippen molar-refractivity contribution in [2.75, 3.05) is 0 Å². The molecule has 1 aromatic carbocycles. The first-order chi connectivity index (χ1) is 9.29. The summed E-state index contributed by atoms with van der Waals surface area (Å²) in [6, 6.07) is 7.90. The van der Waals surface area contributed by atoms with Crippen LogP contribution in [0.2, 0.25) is 0 Å². The second-order valence-electron chi connectivity index (χ2n) is 5.53. The van der Waals surface area contributed by atoms with Gasteiger partial charge >= 0.3 is 5.97 Å². The molecule has 20 heavy (non-hydrogen) atoms. The summed E-state index contributed by atoms with van der Waals surface area (Å²) < 4.78 is 1.02. The summed E-state index contributed by atoms with van der Waals surface area (Å²) in [7, 11) is 0. The number of nitrogens with one attached hydrogen (secondary N) is 1. The Morgan fingerprint density at radius 1 is 1.35 bits per heavy atom. The highest BCUT2D eigenvalue weighted by Gasteiger charge is 2.29. The van der Waals surface area contributed by atoms with E-state index in [0.29, 0.717) is 12.2 Å². The van der Waals surface area contributed by atoms with Crippen LogP contribution in [0.1, 0.15) is 25.4 Å². The number of rotatable bonds is 4. The lowest BCUT2D eigenvalue weighted by atomic mass is 9.89. The normalized spacial score (nSPS) is 11.6. The zero-order valence-corrected chi connectivity index (χ0v) is 13.3. The van der Waals surface area contributed by atoms with E-state index < -0.39 is 11.4 Å². The van der Waals surface area contributed by atoms with Gasteiger partial charge in [-0.1, -0.05) is 28.1 Å². The van der Waals surface area contributed by atoms with Crippen LogP contribution in [0.3, 0.4) is 0 Å². The van der Waals surface area contributed by atoms with Crippen LogP contribution >= 0.6 is 15.9 Å². The van der Waals surface area contributed by atoms with Crippen LogP contribution in [0.15, 0.2) is 28.7 Å². The Balaban J connectivity index is 2.30. The molecule has 0 aliphatic carbocycles. The standard InChI is InChI=1S/C15H17BrN2O2/c1-9-13(10-4-6-11(16)7-5-10)18-12(17-9)8-15(2,3)14(19)20/h4-7H,8H2,1-3H3,(H,17,18)(H,19,20). The summed E-state index contributed by atoms with van der Waals surface area (Å²) in [5.41, 5.74) is 2.00. The number of aromatic amines is 1. The largest absolute Gasteiger partial charge is 0.481 e. The highest BCUT2D eigenvalue weighted by atomic mass is 79.9. The summed E-state index contributed by atoms with van der Waals surface area (Å²) in [6.45, 7) is 5.35. The van der Waals surface area contributed by atoms with Gasteiger partial charge in [0.05, 0.1) is 11.1 Å². The number of imidazole rings is 1. The van der Waals surface area contributed by atoms with Crippen LogP contribution in [-0.2, 0) is 11.2 Å². The SMILES string of the molecule is Cc1[nH]c(CC(C)(C)C(=O)O)nc1-c1ccc(Br)cc1. The molecule has 4 nitrogen and oxygen atoms in total. The number of H-pyrrole nitrogens is 1. The third-order valence-corrected chi connectivity index (χ3v) is 3.77. The van der Waals surface area contributed by atoms with E-state index in [2.05, 4.69) is 25.9 Å². The number of benzene rings is 1. The molecule has 0 radical (unpaired) electrons. The number of carboxylic acid groups (broad SMARTS) is 1. The lowest BCUT2D eigenvalue weighted by molar-refractivity contribution is -0.146. The van der Waals surface area contributed by atoms with Gasteiger partial charge in [0.2, 0.25) is 0 Å². The third kappa shape index (κ3) is 3.10. The van der Waals surface area contributed by atoms with Crippen LogP contribution in [0.25, 0.3) is 11.3 Å². The fourth-order valence-electron chi connectivity index (χ4n) is 1.99. The highest BCUT2D eigenvalue weighted by Crippen LogP contribution is 2.26. The van der Waals surface area contributed by atoms with Crippen LogP contribution in [0.4, 0.5) is 0 Å². The van der Waals surface area contributed by atoms with E-state index in [1.54, 1.807) is 13.8 Å². The second kappa shape index (κ2) is 5.40. The maximum atomic E-state index is 11.2. The van der Waals surface area contributed by atoms with Gasteiger partial charge in [-0.3, -0.25) is 4.79 Å². The van der Waals surface area contributed by atoms with Crippen molar-refractivity contribution in [2.45, 2.75) is 27.2 Å². The molecule has 1 heterocycles. The minimum atomic E-state index is -0.832. The molecule has 5 heteroatoms. The Bertz CT molecular complexity index is 630. The van der Waals surface area contributed by atoms with Crippen molar-refractivity contribution >= 4 is 21.9 Å². The summed E-state index contributed by atoms with van der Waals surface area (Å²) >= 11 is 3.40. The van der Waals surface area contributed by atoms with Gasteiger partial charge in [-0.2, -0.15) is 0 Å². The van der Waals surface area contributed by atoms with Gasteiger partial charge in [0.15, 0.2) is 0 Å². The predicted octanol–water partition coefficient (Wildman–Crippen LogP) is 3.80. The Kier molecular flexibility index (Phi) is 3.99. The summed E-state index contributed by atoms with van der Waals surface area (Å²) in [5, 5.41) is 9.18. The van der Waals surface area contributed by atoms with Gasteiger partial charge in [0, 0.05) is 22.2 Å². The van der Waals surface area contributed by atoms with E-state index in [4.69, 9.17) is 0 Å². The zero-order valence-electron chi connectivity index (χ0n) is 11.7. The maximum absolute atomic E-state index is 11.2. The van der Waals surface area contributed by atoms with E-state index in [9.17, 15) is 9.90 Å². The molecule has 0 unspecified atom stereocenters. The van der Waals surface area contributed by atoms with Gasteiger partial charge in [-0.15, -0.1) is 0 Å². The van der Waals surface area contributed by atoms with Crippen molar-refractivity contribution in [1.82, 2.24) is 9.97 Å². The lowest BCUT2D eigenvalue weighted by Gasteiger charge is -2.16. The Hall–Kier alpha value is -1.62. The van der Waals surface area contributed by atoms with Gasteiger partial charge in [0.1, 0.15) is 5.82 Å².